The van der Waals surface area contributed by atoms with Crippen LogP contribution in [0.1, 0.15) is 12.0 Å². The zero-order chi connectivity index (χ0) is 11.3. The van der Waals surface area contributed by atoms with Gasteiger partial charge in [0, 0.05) is 10.4 Å². The van der Waals surface area contributed by atoms with Crippen LogP contribution in [0.5, 0.6) is 5.75 Å². The maximum atomic E-state index is 8.52. The summed E-state index contributed by atoms with van der Waals surface area (Å²) in [7, 11) is -5.17. The van der Waals surface area contributed by atoms with Gasteiger partial charge in [0.25, 0.3) is 0 Å². The molecule has 0 atom stereocenters. The summed E-state index contributed by atoms with van der Waals surface area (Å²) >= 11 is 0. The Hall–Kier alpha value is -0.188. The average molecular weight is 437 g/mol. The van der Waals surface area contributed by atoms with Gasteiger partial charge in [-0.05, 0) is 24.5 Å². The Kier molecular flexibility index (Phi) is 7.11. The summed E-state index contributed by atoms with van der Waals surface area (Å²) in [5, 5.41) is 0. The molecule has 2 rings (SSSR count). The van der Waals surface area contributed by atoms with Gasteiger partial charge in [-0.3, -0.25) is 8.42 Å². The second-order valence-electron chi connectivity index (χ2n) is 2.97. The standard InChI is InChI=1S/C9H10O.H2O4S.Pb/c1-2-6-9-8(4-1)5-3-7-10-9;1-5(2,3)4;/h1-2,4,6H,3,5,7H2;(H2,1,2,3,4);/q;;+2/p-2. The maximum Gasteiger partial charge on any atom is 2.00 e. The first-order valence-electron chi connectivity index (χ1n) is 4.34. The van der Waals surface area contributed by atoms with Crippen molar-refractivity contribution in [3.05, 3.63) is 29.8 Å². The molecule has 5 nitrogen and oxygen atoms in total. The number of aryl methyl sites for hydroxylation is 1. The van der Waals surface area contributed by atoms with Gasteiger partial charge in [-0.1, -0.05) is 18.2 Å². The number of para-hydroxylation sites is 1. The minimum atomic E-state index is -5.17. The summed E-state index contributed by atoms with van der Waals surface area (Å²) in [5.41, 5.74) is 1.36. The largest absolute Gasteiger partial charge is 2.00 e. The van der Waals surface area contributed by atoms with Gasteiger partial charge in [0.1, 0.15) is 5.75 Å². The molecule has 0 saturated carbocycles. The van der Waals surface area contributed by atoms with E-state index in [-0.39, 0.29) is 27.3 Å². The summed E-state index contributed by atoms with van der Waals surface area (Å²) in [4.78, 5) is 0. The van der Waals surface area contributed by atoms with Crippen molar-refractivity contribution < 1.29 is 22.3 Å². The van der Waals surface area contributed by atoms with Crippen LogP contribution in [-0.2, 0) is 16.8 Å². The summed E-state index contributed by atoms with van der Waals surface area (Å²) in [5.74, 6) is 1.08. The molecule has 7 heteroatoms. The molecule has 2 radical (unpaired) electrons. The SMILES string of the molecule is O=S(=O)([O-])[O-].[Pb+2].c1ccc2c(c1)CCCO2. The summed E-state index contributed by atoms with van der Waals surface area (Å²) in [6, 6.07) is 8.25. The number of hydrogen-bond acceptors (Lipinski definition) is 5. The minimum Gasteiger partial charge on any atom is -0.759 e. The number of rotatable bonds is 0. The molecule has 0 amide bonds. The van der Waals surface area contributed by atoms with Gasteiger partial charge < -0.3 is 13.8 Å². The van der Waals surface area contributed by atoms with Crippen molar-refractivity contribution in [3.8, 4) is 5.75 Å². The Morgan fingerprint density at radius 3 is 2.31 bits per heavy atom. The molecule has 0 unspecified atom stereocenters. The molecule has 1 aliphatic rings. The van der Waals surface area contributed by atoms with Gasteiger partial charge in [0.2, 0.25) is 0 Å². The monoisotopic (exact) mass is 438 g/mol. The maximum absolute atomic E-state index is 8.52. The molecule has 0 spiro atoms. The molecule has 0 bridgehead atoms. The molecule has 0 saturated heterocycles. The van der Waals surface area contributed by atoms with E-state index in [1.54, 1.807) is 0 Å². The normalized spacial score (nSPS) is 13.4. The fraction of sp³-hybridized carbons (Fsp3) is 0.333. The number of ether oxygens (including phenoxy) is 1. The van der Waals surface area contributed by atoms with Gasteiger partial charge in [-0.25, -0.2) is 0 Å². The van der Waals surface area contributed by atoms with E-state index in [4.69, 9.17) is 22.3 Å². The molecular formula is C9H10O5PbS. The van der Waals surface area contributed by atoms with Crippen molar-refractivity contribution in [2.45, 2.75) is 12.8 Å². The topological polar surface area (TPSA) is 89.5 Å². The number of benzene rings is 1. The summed E-state index contributed by atoms with van der Waals surface area (Å²) < 4.78 is 39.5. The second kappa shape index (κ2) is 7.20. The third-order valence-electron chi connectivity index (χ3n) is 1.82. The quantitative estimate of drug-likeness (QED) is 0.331. The zero-order valence-electron chi connectivity index (χ0n) is 8.38. The fourth-order valence-corrected chi connectivity index (χ4v) is 1.30. The second-order valence-corrected chi connectivity index (χ2v) is 3.78. The average Bonchev–Trinajstić information content (AvgIpc) is 2.16. The number of fused-ring (bicyclic) bond motifs is 1. The van der Waals surface area contributed by atoms with Crippen molar-refractivity contribution in [2.75, 3.05) is 6.61 Å². The Labute approximate surface area is 115 Å². The zero-order valence-corrected chi connectivity index (χ0v) is 13.1. The van der Waals surface area contributed by atoms with Gasteiger partial charge in [-0.2, -0.15) is 0 Å². The van der Waals surface area contributed by atoms with Crippen LogP contribution < -0.4 is 4.74 Å². The van der Waals surface area contributed by atoms with Crippen LogP contribution in [0.15, 0.2) is 24.3 Å². The van der Waals surface area contributed by atoms with Crippen LogP contribution in [0.2, 0.25) is 0 Å². The van der Waals surface area contributed by atoms with Crippen molar-refractivity contribution in [2.24, 2.45) is 0 Å². The Morgan fingerprint density at radius 1 is 1.19 bits per heavy atom. The Bertz CT molecular complexity index is 385. The Balaban J connectivity index is 0.000000330. The first-order chi connectivity index (χ1) is 6.97. The first-order valence-corrected chi connectivity index (χ1v) is 5.67. The molecule has 0 fully saturated rings. The van der Waals surface area contributed by atoms with E-state index in [2.05, 4.69) is 12.1 Å². The van der Waals surface area contributed by atoms with E-state index in [0.29, 0.717) is 0 Å². The van der Waals surface area contributed by atoms with E-state index in [1.807, 2.05) is 12.1 Å². The molecule has 1 aromatic rings. The van der Waals surface area contributed by atoms with E-state index >= 15 is 0 Å². The molecule has 16 heavy (non-hydrogen) atoms. The fourth-order valence-electron chi connectivity index (χ4n) is 1.30. The summed E-state index contributed by atoms with van der Waals surface area (Å²) in [6.07, 6.45) is 2.34. The minimum absolute atomic E-state index is 0. The van der Waals surface area contributed by atoms with Crippen molar-refractivity contribution in [1.82, 2.24) is 0 Å². The van der Waals surface area contributed by atoms with E-state index < -0.39 is 10.4 Å². The van der Waals surface area contributed by atoms with E-state index in [9.17, 15) is 0 Å². The smallest absolute Gasteiger partial charge is 0.759 e. The summed E-state index contributed by atoms with van der Waals surface area (Å²) in [6.45, 7) is 0.886. The molecule has 1 aromatic carbocycles. The Morgan fingerprint density at radius 2 is 1.75 bits per heavy atom. The van der Waals surface area contributed by atoms with Crippen LogP contribution in [0.3, 0.4) is 0 Å². The molecule has 1 aliphatic heterocycles. The predicted octanol–water partition coefficient (Wildman–Crippen LogP) is 0.293. The predicted molar refractivity (Wildman–Crippen MR) is 56.5 cm³/mol. The van der Waals surface area contributed by atoms with Crippen molar-refractivity contribution >= 4 is 37.7 Å². The molecule has 0 aromatic heterocycles. The van der Waals surface area contributed by atoms with E-state index in [1.165, 1.54) is 12.0 Å². The number of hydrogen-bond donors (Lipinski definition) is 0. The molecule has 1 heterocycles. The third kappa shape index (κ3) is 7.15. The van der Waals surface area contributed by atoms with Gasteiger partial charge in [-0.15, -0.1) is 0 Å². The molecule has 0 aliphatic carbocycles. The van der Waals surface area contributed by atoms with Crippen LogP contribution in [0.25, 0.3) is 0 Å². The van der Waals surface area contributed by atoms with Crippen LogP contribution in [0, 0.1) is 0 Å². The van der Waals surface area contributed by atoms with Gasteiger partial charge >= 0.3 is 27.3 Å². The first kappa shape index (κ1) is 15.8. The van der Waals surface area contributed by atoms with Crippen LogP contribution >= 0.6 is 0 Å². The van der Waals surface area contributed by atoms with E-state index in [0.717, 1.165) is 18.8 Å². The van der Waals surface area contributed by atoms with Gasteiger partial charge in [0.15, 0.2) is 0 Å². The molecular weight excluding hydrogens is 427 g/mol. The third-order valence-corrected chi connectivity index (χ3v) is 1.82. The molecule has 86 valence electrons. The van der Waals surface area contributed by atoms with Crippen LogP contribution in [0.4, 0.5) is 0 Å². The van der Waals surface area contributed by atoms with Crippen molar-refractivity contribution in [3.63, 3.8) is 0 Å². The van der Waals surface area contributed by atoms with Crippen molar-refractivity contribution in [1.29, 1.82) is 0 Å². The van der Waals surface area contributed by atoms with Crippen LogP contribution in [-0.4, -0.2) is 51.4 Å². The van der Waals surface area contributed by atoms with Gasteiger partial charge in [0.05, 0.1) is 6.61 Å². The molecule has 0 N–H and O–H groups in total.